The SMILES string of the molecule is NC(=O)OC1CC(I)C1. The number of hydrogen-bond acceptors (Lipinski definition) is 2. The van der Waals surface area contributed by atoms with Crippen molar-refractivity contribution in [2.75, 3.05) is 0 Å². The number of amides is 1. The number of nitrogens with two attached hydrogens (primary N) is 1. The Morgan fingerprint density at radius 2 is 2.22 bits per heavy atom. The van der Waals surface area contributed by atoms with Crippen molar-refractivity contribution in [1.29, 1.82) is 0 Å². The Labute approximate surface area is 67.1 Å². The van der Waals surface area contributed by atoms with Crippen LogP contribution in [-0.4, -0.2) is 16.1 Å². The molecule has 52 valence electrons. The highest BCUT2D eigenvalue weighted by molar-refractivity contribution is 14.1. The summed E-state index contributed by atoms with van der Waals surface area (Å²) in [5.41, 5.74) is 4.78. The van der Waals surface area contributed by atoms with E-state index >= 15 is 0 Å². The first-order chi connectivity index (χ1) is 4.18. The lowest BCUT2D eigenvalue weighted by molar-refractivity contribution is 0.0658. The molecule has 0 atom stereocenters. The molecular weight excluding hydrogens is 233 g/mol. The van der Waals surface area contributed by atoms with Crippen LogP contribution < -0.4 is 5.73 Å². The highest BCUT2D eigenvalue weighted by atomic mass is 127. The highest BCUT2D eigenvalue weighted by Crippen LogP contribution is 2.29. The fourth-order valence-electron chi connectivity index (χ4n) is 0.762. The van der Waals surface area contributed by atoms with Gasteiger partial charge in [-0.1, -0.05) is 22.6 Å². The van der Waals surface area contributed by atoms with Crippen LogP contribution in [0.3, 0.4) is 0 Å². The molecule has 1 aliphatic carbocycles. The van der Waals surface area contributed by atoms with E-state index in [2.05, 4.69) is 22.6 Å². The summed E-state index contributed by atoms with van der Waals surface area (Å²) in [6.07, 6.45) is 1.38. The van der Waals surface area contributed by atoms with Gasteiger partial charge < -0.3 is 10.5 Å². The fraction of sp³-hybridized carbons (Fsp3) is 0.800. The molecule has 0 unspecified atom stereocenters. The molecule has 0 bridgehead atoms. The zero-order valence-electron chi connectivity index (χ0n) is 4.84. The van der Waals surface area contributed by atoms with E-state index in [1.807, 2.05) is 0 Å². The first-order valence-electron chi connectivity index (χ1n) is 2.78. The number of primary amides is 1. The van der Waals surface area contributed by atoms with E-state index in [0.29, 0.717) is 3.92 Å². The molecule has 0 heterocycles. The standard InChI is InChI=1S/C5H8INO2/c6-3-1-4(2-3)9-5(7)8/h3-4H,1-2H2,(H2,7,8). The quantitative estimate of drug-likeness (QED) is 0.551. The van der Waals surface area contributed by atoms with Crippen LogP contribution in [0.4, 0.5) is 4.79 Å². The van der Waals surface area contributed by atoms with Gasteiger partial charge in [0.15, 0.2) is 0 Å². The second kappa shape index (κ2) is 2.72. The molecule has 2 N–H and O–H groups in total. The third kappa shape index (κ3) is 2.00. The Bertz CT molecular complexity index is 122. The van der Waals surface area contributed by atoms with Crippen molar-refractivity contribution in [3.05, 3.63) is 0 Å². The average Bonchev–Trinajstić information content (AvgIpc) is 1.60. The summed E-state index contributed by atoms with van der Waals surface area (Å²) < 4.78 is 5.36. The third-order valence-electron chi connectivity index (χ3n) is 1.32. The highest BCUT2D eigenvalue weighted by Gasteiger charge is 2.29. The third-order valence-corrected chi connectivity index (χ3v) is 2.34. The predicted molar refractivity (Wildman–Crippen MR) is 41.5 cm³/mol. The van der Waals surface area contributed by atoms with Crippen molar-refractivity contribution in [2.45, 2.75) is 22.9 Å². The number of halogens is 1. The van der Waals surface area contributed by atoms with Crippen LogP contribution in [0.1, 0.15) is 12.8 Å². The van der Waals surface area contributed by atoms with Crippen molar-refractivity contribution in [3.8, 4) is 0 Å². The summed E-state index contributed by atoms with van der Waals surface area (Å²) in [7, 11) is 0. The van der Waals surface area contributed by atoms with Crippen LogP contribution >= 0.6 is 22.6 Å². The van der Waals surface area contributed by atoms with Gasteiger partial charge in [-0.15, -0.1) is 0 Å². The second-order valence-corrected chi connectivity index (χ2v) is 3.89. The van der Waals surface area contributed by atoms with Crippen molar-refractivity contribution < 1.29 is 9.53 Å². The van der Waals surface area contributed by atoms with Crippen molar-refractivity contribution in [3.63, 3.8) is 0 Å². The number of carbonyl (C=O) groups is 1. The summed E-state index contributed by atoms with van der Waals surface area (Å²) in [6.45, 7) is 0. The van der Waals surface area contributed by atoms with E-state index in [1.165, 1.54) is 0 Å². The minimum absolute atomic E-state index is 0.101. The molecule has 0 radical (unpaired) electrons. The van der Waals surface area contributed by atoms with Gasteiger partial charge in [0, 0.05) is 3.92 Å². The van der Waals surface area contributed by atoms with Crippen molar-refractivity contribution in [1.82, 2.24) is 0 Å². The number of carbonyl (C=O) groups excluding carboxylic acids is 1. The maximum atomic E-state index is 10.1. The monoisotopic (exact) mass is 241 g/mol. The van der Waals surface area contributed by atoms with Crippen LogP contribution in [0.5, 0.6) is 0 Å². The Morgan fingerprint density at radius 1 is 1.67 bits per heavy atom. The summed E-state index contributed by atoms with van der Waals surface area (Å²) >= 11 is 2.32. The Morgan fingerprint density at radius 3 is 2.56 bits per heavy atom. The van der Waals surface area contributed by atoms with E-state index in [9.17, 15) is 4.79 Å². The van der Waals surface area contributed by atoms with Gasteiger partial charge >= 0.3 is 6.09 Å². The van der Waals surface area contributed by atoms with Crippen LogP contribution in [0.2, 0.25) is 0 Å². The van der Waals surface area contributed by atoms with Gasteiger partial charge in [0.05, 0.1) is 0 Å². The number of rotatable bonds is 1. The normalized spacial score (nSPS) is 33.0. The lowest BCUT2D eigenvalue weighted by Crippen LogP contribution is -2.35. The lowest BCUT2D eigenvalue weighted by Gasteiger charge is -2.29. The topological polar surface area (TPSA) is 52.3 Å². The minimum atomic E-state index is -0.650. The molecule has 0 aromatic carbocycles. The van der Waals surface area contributed by atoms with Gasteiger partial charge in [0.2, 0.25) is 0 Å². The summed E-state index contributed by atoms with van der Waals surface area (Å²) in [5.74, 6) is 0. The first kappa shape index (κ1) is 7.11. The molecule has 9 heavy (non-hydrogen) atoms. The van der Waals surface area contributed by atoms with Crippen molar-refractivity contribution in [2.24, 2.45) is 5.73 Å². The van der Waals surface area contributed by atoms with Crippen LogP contribution in [0.25, 0.3) is 0 Å². The summed E-state index contributed by atoms with van der Waals surface area (Å²) in [6, 6.07) is 0. The zero-order valence-corrected chi connectivity index (χ0v) is 7.00. The summed E-state index contributed by atoms with van der Waals surface area (Å²) in [4.78, 5) is 10.1. The van der Waals surface area contributed by atoms with E-state index in [0.717, 1.165) is 12.8 Å². The van der Waals surface area contributed by atoms with Gasteiger partial charge in [-0.2, -0.15) is 0 Å². The smallest absolute Gasteiger partial charge is 0.404 e. The van der Waals surface area contributed by atoms with Gasteiger partial charge in [-0.3, -0.25) is 0 Å². The molecule has 0 spiro atoms. The van der Waals surface area contributed by atoms with Gasteiger partial charge in [0.25, 0.3) is 0 Å². The molecule has 1 aliphatic rings. The molecule has 1 saturated carbocycles. The fourth-order valence-corrected chi connectivity index (χ4v) is 1.90. The first-order valence-corrected chi connectivity index (χ1v) is 4.03. The summed E-state index contributed by atoms with van der Waals surface area (Å²) in [5, 5.41) is 0. The molecule has 4 heteroatoms. The number of alkyl halides is 1. The number of ether oxygens (including phenoxy) is 1. The van der Waals surface area contributed by atoms with Crippen LogP contribution in [0, 0.1) is 0 Å². The van der Waals surface area contributed by atoms with Crippen molar-refractivity contribution >= 4 is 28.7 Å². The molecule has 0 aliphatic heterocycles. The number of hydrogen-bond donors (Lipinski definition) is 1. The van der Waals surface area contributed by atoms with Crippen LogP contribution in [-0.2, 0) is 4.74 Å². The lowest BCUT2D eigenvalue weighted by atomic mass is 9.96. The second-order valence-electron chi connectivity index (χ2n) is 2.13. The maximum Gasteiger partial charge on any atom is 0.404 e. The Hall–Kier alpha value is 0. The van der Waals surface area contributed by atoms with E-state index in [4.69, 9.17) is 10.5 Å². The van der Waals surface area contributed by atoms with Gasteiger partial charge in [-0.25, -0.2) is 4.79 Å². The Kier molecular flexibility index (Phi) is 2.15. The van der Waals surface area contributed by atoms with E-state index < -0.39 is 6.09 Å². The van der Waals surface area contributed by atoms with Gasteiger partial charge in [-0.05, 0) is 12.8 Å². The zero-order chi connectivity index (χ0) is 6.85. The van der Waals surface area contributed by atoms with Crippen LogP contribution in [0.15, 0.2) is 0 Å². The molecule has 1 amide bonds. The molecule has 1 rings (SSSR count). The molecule has 0 aromatic rings. The van der Waals surface area contributed by atoms with Gasteiger partial charge in [0.1, 0.15) is 6.10 Å². The molecule has 1 fully saturated rings. The maximum absolute atomic E-state index is 10.1. The molecule has 0 saturated heterocycles. The molecule has 0 aromatic heterocycles. The predicted octanol–water partition coefficient (Wildman–Crippen LogP) is 1.05. The average molecular weight is 241 g/mol. The van der Waals surface area contributed by atoms with E-state index in [-0.39, 0.29) is 6.10 Å². The molecule has 3 nitrogen and oxygen atoms in total. The Balaban J connectivity index is 2.11. The van der Waals surface area contributed by atoms with E-state index in [1.54, 1.807) is 0 Å². The largest absolute Gasteiger partial charge is 0.446 e. The molecular formula is C5H8INO2. The minimum Gasteiger partial charge on any atom is -0.446 e.